The van der Waals surface area contributed by atoms with Crippen molar-refractivity contribution < 1.29 is 19.8 Å². The fourth-order valence-electron chi connectivity index (χ4n) is 1.40. The van der Waals surface area contributed by atoms with E-state index in [2.05, 4.69) is 15.5 Å². The van der Waals surface area contributed by atoms with Crippen LogP contribution in [0.4, 0.5) is 0 Å². The summed E-state index contributed by atoms with van der Waals surface area (Å²) in [5.74, 6) is -1.72. The maximum absolute atomic E-state index is 11.9. The van der Waals surface area contributed by atoms with Crippen LogP contribution in [-0.2, 0) is 4.79 Å². The zero-order valence-electron chi connectivity index (χ0n) is 10.2. The fraction of sp³-hybridized carbons (Fsp3) is 0.455. The molecule has 7 heteroatoms. The minimum absolute atomic E-state index is 0.0440. The van der Waals surface area contributed by atoms with E-state index < -0.39 is 17.9 Å². The van der Waals surface area contributed by atoms with E-state index in [1.807, 2.05) is 0 Å². The van der Waals surface area contributed by atoms with Crippen LogP contribution in [0.1, 0.15) is 28.2 Å². The Morgan fingerprint density at radius 3 is 2.61 bits per heavy atom. The summed E-state index contributed by atoms with van der Waals surface area (Å²) in [6.07, 6.45) is -0.0440. The molecule has 0 aromatic carbocycles. The van der Waals surface area contributed by atoms with Gasteiger partial charge in [-0.1, -0.05) is 0 Å². The largest absolute Gasteiger partial charge is 0.480 e. The van der Waals surface area contributed by atoms with Crippen molar-refractivity contribution in [1.82, 2.24) is 15.5 Å². The molecule has 98 valence electrons. The highest BCUT2D eigenvalue weighted by atomic mass is 16.4. The van der Waals surface area contributed by atoms with Crippen LogP contribution in [0.2, 0.25) is 0 Å². The predicted molar refractivity (Wildman–Crippen MR) is 62.1 cm³/mol. The number of carboxylic acid groups (broad SMARTS) is 1. The molecule has 3 N–H and O–H groups in total. The lowest BCUT2D eigenvalue weighted by Crippen LogP contribution is -2.41. The van der Waals surface area contributed by atoms with Gasteiger partial charge in [-0.15, -0.1) is 0 Å². The predicted octanol–water partition coefficient (Wildman–Crippen LogP) is -0.341. The summed E-state index contributed by atoms with van der Waals surface area (Å²) in [5, 5.41) is 27.5. The molecule has 1 heterocycles. The summed E-state index contributed by atoms with van der Waals surface area (Å²) in [6, 6.07) is 0.422. The molecule has 0 bridgehead atoms. The summed E-state index contributed by atoms with van der Waals surface area (Å²) < 4.78 is 0. The Morgan fingerprint density at radius 1 is 1.39 bits per heavy atom. The molecule has 0 saturated carbocycles. The second-order valence-corrected chi connectivity index (χ2v) is 3.86. The molecule has 1 amide bonds. The van der Waals surface area contributed by atoms with Crippen molar-refractivity contribution in [2.45, 2.75) is 26.3 Å². The zero-order valence-corrected chi connectivity index (χ0v) is 10.2. The van der Waals surface area contributed by atoms with Gasteiger partial charge in [0.2, 0.25) is 0 Å². The highest BCUT2D eigenvalue weighted by Crippen LogP contribution is 2.06. The average molecular weight is 253 g/mol. The van der Waals surface area contributed by atoms with Gasteiger partial charge in [-0.25, -0.2) is 4.79 Å². The van der Waals surface area contributed by atoms with E-state index in [1.54, 1.807) is 13.8 Å². The lowest BCUT2D eigenvalue weighted by molar-refractivity contribution is -0.139. The first-order valence-corrected chi connectivity index (χ1v) is 5.41. The van der Waals surface area contributed by atoms with Crippen LogP contribution in [0.15, 0.2) is 6.07 Å². The molecule has 0 spiro atoms. The topological polar surface area (TPSA) is 112 Å². The van der Waals surface area contributed by atoms with Crippen molar-refractivity contribution >= 4 is 11.9 Å². The summed E-state index contributed by atoms with van der Waals surface area (Å²) in [4.78, 5) is 22.7. The van der Waals surface area contributed by atoms with Gasteiger partial charge in [0, 0.05) is 13.0 Å². The smallest absolute Gasteiger partial charge is 0.326 e. The van der Waals surface area contributed by atoms with Crippen molar-refractivity contribution in [2.24, 2.45) is 0 Å². The summed E-state index contributed by atoms with van der Waals surface area (Å²) >= 11 is 0. The number of carbonyl (C=O) groups excluding carboxylic acids is 1. The first kappa shape index (κ1) is 14.0. The van der Waals surface area contributed by atoms with Gasteiger partial charge in [0.25, 0.3) is 5.91 Å². The van der Waals surface area contributed by atoms with E-state index in [0.717, 1.165) is 0 Å². The van der Waals surface area contributed by atoms with Gasteiger partial charge in [0.05, 0.1) is 17.0 Å². The number of nitrogens with zero attached hydrogens (tertiary/aromatic N) is 2. The monoisotopic (exact) mass is 253 g/mol. The van der Waals surface area contributed by atoms with Gasteiger partial charge in [-0.2, -0.15) is 10.2 Å². The van der Waals surface area contributed by atoms with Crippen LogP contribution in [-0.4, -0.2) is 44.9 Å². The molecule has 0 radical (unpaired) electrons. The minimum atomic E-state index is -1.19. The minimum Gasteiger partial charge on any atom is -0.480 e. The second-order valence-electron chi connectivity index (χ2n) is 3.86. The number of aliphatic hydroxyl groups excluding tert-OH is 1. The number of rotatable bonds is 5. The third kappa shape index (κ3) is 3.49. The third-order valence-electron chi connectivity index (χ3n) is 2.37. The Bertz CT molecular complexity index is 462. The number of nitrogens with one attached hydrogen (secondary N) is 1. The number of aliphatic carboxylic acids is 1. The quantitative estimate of drug-likeness (QED) is 0.661. The van der Waals surface area contributed by atoms with Crippen molar-refractivity contribution in [1.29, 1.82) is 0 Å². The number of aromatic nitrogens is 2. The van der Waals surface area contributed by atoms with E-state index in [1.165, 1.54) is 6.07 Å². The zero-order chi connectivity index (χ0) is 13.7. The van der Waals surface area contributed by atoms with Gasteiger partial charge < -0.3 is 15.5 Å². The van der Waals surface area contributed by atoms with Crippen molar-refractivity contribution in [3.05, 3.63) is 23.0 Å². The lowest BCUT2D eigenvalue weighted by Gasteiger charge is -2.13. The maximum atomic E-state index is 11.9. The van der Waals surface area contributed by atoms with Gasteiger partial charge in [-0.3, -0.25) is 4.79 Å². The van der Waals surface area contributed by atoms with E-state index >= 15 is 0 Å². The van der Waals surface area contributed by atoms with Crippen molar-refractivity contribution in [3.63, 3.8) is 0 Å². The normalized spacial score (nSPS) is 11.9. The fourth-order valence-corrected chi connectivity index (χ4v) is 1.40. The summed E-state index contributed by atoms with van der Waals surface area (Å²) in [7, 11) is 0. The van der Waals surface area contributed by atoms with Gasteiger partial charge in [-0.05, 0) is 19.9 Å². The molecule has 0 fully saturated rings. The second kappa shape index (κ2) is 6.06. The first-order chi connectivity index (χ1) is 8.45. The number of hydrogen-bond donors (Lipinski definition) is 3. The molecule has 1 aromatic rings. The molecule has 0 aliphatic heterocycles. The van der Waals surface area contributed by atoms with Gasteiger partial charge in [0.1, 0.15) is 6.04 Å². The average Bonchev–Trinajstić information content (AvgIpc) is 2.31. The number of carbonyl (C=O) groups is 2. The van der Waals surface area contributed by atoms with E-state index in [0.29, 0.717) is 11.4 Å². The Hall–Kier alpha value is -2.02. The van der Waals surface area contributed by atoms with Crippen LogP contribution in [0.25, 0.3) is 0 Å². The highest BCUT2D eigenvalue weighted by Gasteiger charge is 2.21. The summed E-state index contributed by atoms with van der Waals surface area (Å²) in [6.45, 7) is 2.98. The molecular weight excluding hydrogens is 238 g/mol. The standard InChI is InChI=1S/C11H15N3O4/c1-6-5-8(7(2)14-13-6)10(16)12-9(3-4-15)11(17)18/h5,9,15H,3-4H2,1-2H3,(H,12,16)(H,17,18)/t9-/m0/s1. The number of carboxylic acids is 1. The maximum Gasteiger partial charge on any atom is 0.326 e. The molecule has 0 aliphatic carbocycles. The van der Waals surface area contributed by atoms with Crippen LogP contribution in [0, 0.1) is 13.8 Å². The Balaban J connectivity index is 2.86. The van der Waals surface area contributed by atoms with E-state index in [4.69, 9.17) is 10.2 Å². The van der Waals surface area contributed by atoms with E-state index in [9.17, 15) is 9.59 Å². The van der Waals surface area contributed by atoms with Gasteiger partial charge in [0.15, 0.2) is 0 Å². The SMILES string of the molecule is Cc1cc(C(=O)N[C@@H](CCO)C(=O)O)c(C)nn1. The number of aliphatic hydroxyl groups is 1. The van der Waals surface area contributed by atoms with Crippen LogP contribution in [0.5, 0.6) is 0 Å². The molecule has 7 nitrogen and oxygen atoms in total. The number of hydrogen-bond acceptors (Lipinski definition) is 5. The Kier molecular flexibility index (Phi) is 4.73. The van der Waals surface area contributed by atoms with Gasteiger partial charge >= 0.3 is 5.97 Å². The number of aryl methyl sites for hydroxylation is 2. The Labute approximate surface area is 104 Å². The molecule has 0 aliphatic rings. The van der Waals surface area contributed by atoms with Crippen molar-refractivity contribution in [2.75, 3.05) is 6.61 Å². The first-order valence-electron chi connectivity index (χ1n) is 5.41. The van der Waals surface area contributed by atoms with Crippen LogP contribution >= 0.6 is 0 Å². The van der Waals surface area contributed by atoms with Crippen LogP contribution < -0.4 is 5.32 Å². The summed E-state index contributed by atoms with van der Waals surface area (Å²) in [5.41, 5.74) is 1.28. The highest BCUT2D eigenvalue weighted by molar-refractivity contribution is 5.97. The molecule has 18 heavy (non-hydrogen) atoms. The molecular formula is C11H15N3O4. The third-order valence-corrected chi connectivity index (χ3v) is 2.37. The van der Waals surface area contributed by atoms with Crippen molar-refractivity contribution in [3.8, 4) is 0 Å². The lowest BCUT2D eigenvalue weighted by atomic mass is 10.1. The molecule has 0 saturated heterocycles. The van der Waals surface area contributed by atoms with Crippen LogP contribution in [0.3, 0.4) is 0 Å². The van der Waals surface area contributed by atoms with E-state index in [-0.39, 0.29) is 18.6 Å². The molecule has 1 rings (SSSR count). The Morgan fingerprint density at radius 2 is 2.06 bits per heavy atom. The molecule has 1 atom stereocenters. The molecule has 1 aromatic heterocycles. The molecule has 0 unspecified atom stereocenters. The number of amides is 1.